The number of ether oxygens (including phenoxy) is 1. The maximum Gasteiger partial charge on any atom is 0.407 e. The lowest BCUT2D eigenvalue weighted by Gasteiger charge is -2.24. The largest absolute Gasteiger partial charge is 0.480 e. The van der Waals surface area contributed by atoms with Crippen LogP contribution in [-0.4, -0.2) is 64.4 Å². The molecule has 2 aromatic carbocycles. The Kier molecular flexibility index (Phi) is 6.00. The van der Waals surface area contributed by atoms with Crippen LogP contribution in [0.15, 0.2) is 48.5 Å². The Labute approximate surface area is 197 Å². The van der Waals surface area contributed by atoms with Gasteiger partial charge < -0.3 is 25.2 Å². The van der Waals surface area contributed by atoms with Gasteiger partial charge >= 0.3 is 12.1 Å². The molecule has 2 amide bonds. The van der Waals surface area contributed by atoms with Gasteiger partial charge in [-0.2, -0.15) is 0 Å². The third-order valence-corrected chi connectivity index (χ3v) is 7.29. The Morgan fingerprint density at radius 2 is 1.62 bits per heavy atom. The topological polar surface area (TPSA) is 116 Å². The number of rotatable bonds is 5. The van der Waals surface area contributed by atoms with Crippen LogP contribution < -0.4 is 5.32 Å². The molecule has 1 aliphatic heterocycles. The van der Waals surface area contributed by atoms with Crippen LogP contribution in [-0.2, 0) is 14.3 Å². The molecule has 3 N–H and O–H groups in total. The molecule has 8 nitrogen and oxygen atoms in total. The number of β-amino-alcohol motifs (C(OH)–C–C–N with tert-alkyl or cyclic N) is 1. The van der Waals surface area contributed by atoms with Crippen molar-refractivity contribution in [2.45, 2.75) is 49.8 Å². The van der Waals surface area contributed by atoms with Crippen molar-refractivity contribution in [3.63, 3.8) is 0 Å². The molecule has 1 saturated carbocycles. The number of carboxylic acids is 1. The molecule has 3 aliphatic rings. The van der Waals surface area contributed by atoms with Gasteiger partial charge in [0.2, 0.25) is 5.91 Å². The summed E-state index contributed by atoms with van der Waals surface area (Å²) < 4.78 is 5.60. The van der Waals surface area contributed by atoms with Crippen LogP contribution in [0.1, 0.15) is 42.7 Å². The minimum absolute atomic E-state index is 0.0226. The third kappa shape index (κ3) is 4.14. The van der Waals surface area contributed by atoms with Crippen LogP contribution >= 0.6 is 0 Å². The van der Waals surface area contributed by atoms with Gasteiger partial charge in [0.25, 0.3) is 0 Å². The summed E-state index contributed by atoms with van der Waals surface area (Å²) in [4.78, 5) is 38.2. The predicted octanol–water partition coefficient (Wildman–Crippen LogP) is 2.74. The molecule has 2 aromatic rings. The number of likely N-dealkylation sites (tertiary alicyclic amines) is 1. The van der Waals surface area contributed by atoms with Gasteiger partial charge in [-0.1, -0.05) is 48.5 Å². The lowest BCUT2D eigenvalue weighted by atomic mass is 9.98. The smallest absolute Gasteiger partial charge is 0.407 e. The number of amides is 2. The second kappa shape index (κ2) is 9.10. The summed E-state index contributed by atoms with van der Waals surface area (Å²) in [5, 5.41) is 22.1. The molecule has 2 fully saturated rings. The fourth-order valence-electron chi connectivity index (χ4n) is 5.67. The van der Waals surface area contributed by atoms with Gasteiger partial charge in [-0.05, 0) is 41.5 Å². The van der Waals surface area contributed by atoms with Crippen molar-refractivity contribution in [2.24, 2.45) is 5.92 Å². The number of aliphatic hydroxyl groups is 1. The molecule has 8 heteroatoms. The van der Waals surface area contributed by atoms with Crippen molar-refractivity contribution in [1.29, 1.82) is 0 Å². The summed E-state index contributed by atoms with van der Waals surface area (Å²) >= 11 is 0. The van der Waals surface area contributed by atoms with E-state index in [1.807, 2.05) is 24.3 Å². The number of hydrogen-bond acceptors (Lipinski definition) is 5. The van der Waals surface area contributed by atoms with Crippen LogP contribution in [0, 0.1) is 5.92 Å². The number of fused-ring (bicyclic) bond motifs is 3. The minimum Gasteiger partial charge on any atom is -0.480 e. The molecular formula is C26H28N2O6. The molecule has 0 spiro atoms. The highest BCUT2D eigenvalue weighted by Gasteiger charge is 2.43. The van der Waals surface area contributed by atoms with Gasteiger partial charge in [-0.15, -0.1) is 0 Å². The maximum absolute atomic E-state index is 12.9. The predicted molar refractivity (Wildman–Crippen MR) is 123 cm³/mol. The summed E-state index contributed by atoms with van der Waals surface area (Å²) in [5.74, 6) is -1.76. The van der Waals surface area contributed by atoms with Crippen molar-refractivity contribution < 1.29 is 29.3 Å². The second-order valence-electron chi connectivity index (χ2n) is 9.41. The highest BCUT2D eigenvalue weighted by atomic mass is 16.5. The zero-order chi connectivity index (χ0) is 23.8. The minimum atomic E-state index is -1.10. The third-order valence-electron chi connectivity index (χ3n) is 7.29. The SMILES string of the molecule is O=C(NC1CCC(C(=O)N2CC(O)CC2C(=O)O)C1)OCC1c2ccccc2-c2ccccc21. The van der Waals surface area contributed by atoms with E-state index in [1.165, 1.54) is 4.90 Å². The summed E-state index contributed by atoms with van der Waals surface area (Å²) in [7, 11) is 0. The van der Waals surface area contributed by atoms with E-state index in [-0.39, 0.29) is 43.4 Å². The van der Waals surface area contributed by atoms with Gasteiger partial charge in [0.15, 0.2) is 0 Å². The van der Waals surface area contributed by atoms with E-state index in [1.54, 1.807) is 0 Å². The van der Waals surface area contributed by atoms with Gasteiger partial charge in [0, 0.05) is 30.8 Å². The number of nitrogens with one attached hydrogen (secondary N) is 1. The van der Waals surface area contributed by atoms with Gasteiger partial charge in [-0.25, -0.2) is 9.59 Å². The first-order valence-electron chi connectivity index (χ1n) is 11.7. The number of carboxylic acid groups (broad SMARTS) is 1. The van der Waals surface area contributed by atoms with E-state index in [9.17, 15) is 24.6 Å². The van der Waals surface area contributed by atoms with Crippen molar-refractivity contribution in [3.05, 3.63) is 59.7 Å². The van der Waals surface area contributed by atoms with Gasteiger partial charge in [0.1, 0.15) is 12.6 Å². The molecule has 0 aromatic heterocycles. The van der Waals surface area contributed by atoms with Crippen LogP contribution in [0.25, 0.3) is 11.1 Å². The lowest BCUT2D eigenvalue weighted by Crippen LogP contribution is -2.43. The monoisotopic (exact) mass is 464 g/mol. The molecule has 4 atom stereocenters. The molecule has 1 heterocycles. The molecule has 2 aliphatic carbocycles. The quantitative estimate of drug-likeness (QED) is 0.627. The second-order valence-corrected chi connectivity index (χ2v) is 9.41. The summed E-state index contributed by atoms with van der Waals surface area (Å²) in [5.41, 5.74) is 4.61. The Hall–Kier alpha value is -3.39. The van der Waals surface area contributed by atoms with Crippen LogP contribution in [0.5, 0.6) is 0 Å². The number of hydrogen-bond donors (Lipinski definition) is 3. The highest BCUT2D eigenvalue weighted by molar-refractivity contribution is 5.86. The molecule has 178 valence electrons. The molecular weight excluding hydrogens is 436 g/mol. The van der Waals surface area contributed by atoms with Crippen molar-refractivity contribution in [1.82, 2.24) is 10.2 Å². The van der Waals surface area contributed by atoms with Crippen molar-refractivity contribution in [2.75, 3.05) is 13.2 Å². The zero-order valence-corrected chi connectivity index (χ0v) is 18.7. The number of carbonyl (C=O) groups is 3. The fraction of sp³-hybridized carbons (Fsp3) is 0.423. The Balaban J connectivity index is 1.16. The summed E-state index contributed by atoms with van der Waals surface area (Å²) in [6.07, 6.45) is 0.332. The summed E-state index contributed by atoms with van der Waals surface area (Å²) in [6, 6.07) is 15.1. The molecule has 4 unspecified atom stereocenters. The highest BCUT2D eigenvalue weighted by Crippen LogP contribution is 2.44. The normalized spacial score (nSPS) is 25.6. The zero-order valence-electron chi connectivity index (χ0n) is 18.7. The van der Waals surface area contributed by atoms with E-state index in [0.717, 1.165) is 22.3 Å². The van der Waals surface area contributed by atoms with Gasteiger partial charge in [0.05, 0.1) is 6.10 Å². The molecule has 0 radical (unpaired) electrons. The van der Waals surface area contributed by atoms with E-state index >= 15 is 0 Å². The Morgan fingerprint density at radius 3 is 2.26 bits per heavy atom. The van der Waals surface area contributed by atoms with Crippen molar-refractivity contribution in [3.8, 4) is 11.1 Å². The van der Waals surface area contributed by atoms with E-state index in [4.69, 9.17) is 4.74 Å². The Bertz CT molecular complexity index is 1070. The average Bonchev–Trinajstić information content (AvgIpc) is 3.53. The molecule has 1 saturated heterocycles. The van der Waals surface area contributed by atoms with E-state index in [2.05, 4.69) is 29.6 Å². The molecule has 34 heavy (non-hydrogen) atoms. The van der Waals surface area contributed by atoms with Crippen LogP contribution in [0.2, 0.25) is 0 Å². The van der Waals surface area contributed by atoms with Crippen LogP contribution in [0.4, 0.5) is 4.79 Å². The number of aliphatic carboxylic acids is 1. The number of nitrogens with zero attached hydrogens (tertiary/aromatic N) is 1. The lowest BCUT2D eigenvalue weighted by molar-refractivity contribution is -0.149. The average molecular weight is 465 g/mol. The van der Waals surface area contributed by atoms with E-state index in [0.29, 0.717) is 19.3 Å². The standard InChI is InChI=1S/C26H28N2O6/c29-17-12-23(25(31)32)28(13-17)24(30)15-9-10-16(11-15)27-26(33)34-14-22-20-7-3-1-5-18(20)19-6-2-4-8-21(19)22/h1-8,15-17,22-23,29H,9-14H2,(H,27,33)(H,31,32). The number of aliphatic hydroxyl groups excluding tert-OH is 1. The van der Waals surface area contributed by atoms with Crippen molar-refractivity contribution >= 4 is 18.0 Å². The number of benzene rings is 2. The number of alkyl carbamates (subject to hydrolysis) is 1. The fourth-order valence-corrected chi connectivity index (χ4v) is 5.67. The maximum atomic E-state index is 12.9. The molecule has 5 rings (SSSR count). The first kappa shape index (κ1) is 22.4. The first-order valence-corrected chi connectivity index (χ1v) is 11.7. The molecule has 0 bridgehead atoms. The Morgan fingerprint density at radius 1 is 0.971 bits per heavy atom. The van der Waals surface area contributed by atoms with Crippen LogP contribution in [0.3, 0.4) is 0 Å². The van der Waals surface area contributed by atoms with E-state index < -0.39 is 24.2 Å². The number of carbonyl (C=O) groups excluding carboxylic acids is 2. The summed E-state index contributed by atoms with van der Waals surface area (Å²) in [6.45, 7) is 0.262. The first-order chi connectivity index (χ1) is 16.4. The van der Waals surface area contributed by atoms with Gasteiger partial charge in [-0.3, -0.25) is 4.79 Å².